The third-order valence-electron chi connectivity index (χ3n) is 3.65. The van der Waals surface area contributed by atoms with Crippen LogP contribution in [0.4, 0.5) is 5.69 Å². The predicted octanol–water partition coefficient (Wildman–Crippen LogP) is 3.77. The molecule has 0 saturated heterocycles. The number of hydrogen-bond acceptors (Lipinski definition) is 4. The van der Waals surface area contributed by atoms with Gasteiger partial charge in [-0.1, -0.05) is 24.3 Å². The second-order valence-corrected chi connectivity index (χ2v) is 7.17. The summed E-state index contributed by atoms with van der Waals surface area (Å²) in [7, 11) is -3.70. The molecule has 24 heavy (non-hydrogen) atoms. The molecule has 0 aliphatic carbocycles. The van der Waals surface area contributed by atoms with E-state index in [2.05, 4.69) is 4.72 Å². The topological polar surface area (TPSA) is 85.3 Å². The number of anilines is 1. The van der Waals surface area contributed by atoms with Crippen molar-refractivity contribution in [1.82, 2.24) is 0 Å². The van der Waals surface area contributed by atoms with Gasteiger partial charge in [0.2, 0.25) is 0 Å². The third kappa shape index (κ3) is 3.34. The fourth-order valence-electron chi connectivity index (χ4n) is 2.38. The van der Waals surface area contributed by atoms with Crippen molar-refractivity contribution in [2.75, 3.05) is 4.72 Å². The smallest absolute Gasteiger partial charge is 0.261 e. The number of nitrogens with two attached hydrogens (primary N) is 1. The van der Waals surface area contributed by atoms with Crippen LogP contribution in [0.25, 0.3) is 11.3 Å². The van der Waals surface area contributed by atoms with Crippen molar-refractivity contribution in [1.29, 1.82) is 0 Å². The number of sulfonamides is 1. The molecule has 0 aliphatic heterocycles. The van der Waals surface area contributed by atoms with Crippen molar-refractivity contribution in [3.05, 3.63) is 72.5 Å². The minimum Gasteiger partial charge on any atom is -0.464 e. The molecule has 0 spiro atoms. The average molecular weight is 342 g/mol. The van der Waals surface area contributed by atoms with Crippen molar-refractivity contribution in [2.45, 2.75) is 17.9 Å². The Morgan fingerprint density at radius 2 is 1.79 bits per heavy atom. The Morgan fingerprint density at radius 1 is 1.04 bits per heavy atom. The molecule has 3 aromatic rings. The van der Waals surface area contributed by atoms with E-state index in [1.54, 1.807) is 60.9 Å². The maximum absolute atomic E-state index is 12.6. The van der Waals surface area contributed by atoms with Gasteiger partial charge < -0.3 is 10.2 Å². The van der Waals surface area contributed by atoms with Crippen molar-refractivity contribution in [3.8, 4) is 11.3 Å². The molecule has 0 fully saturated rings. The van der Waals surface area contributed by atoms with Crippen molar-refractivity contribution < 1.29 is 12.8 Å². The number of benzene rings is 2. The molecule has 2 aromatic carbocycles. The zero-order valence-electron chi connectivity index (χ0n) is 13.1. The number of rotatable bonds is 5. The standard InChI is InChI=1S/C18H18N2O3S/c1-13(19)14-9-10-16(18-8-5-11-23-18)17(12-14)20-24(21,22)15-6-3-2-4-7-15/h2-13,20H,19H2,1H3. The van der Waals surface area contributed by atoms with Gasteiger partial charge in [-0.25, -0.2) is 8.42 Å². The van der Waals surface area contributed by atoms with Crippen LogP contribution in [0.15, 0.2) is 76.2 Å². The summed E-state index contributed by atoms with van der Waals surface area (Å²) >= 11 is 0. The van der Waals surface area contributed by atoms with E-state index in [9.17, 15) is 8.42 Å². The van der Waals surface area contributed by atoms with Gasteiger partial charge in [0.05, 0.1) is 16.8 Å². The molecule has 0 radical (unpaired) electrons. The summed E-state index contributed by atoms with van der Waals surface area (Å²) in [4.78, 5) is 0.196. The molecule has 5 nitrogen and oxygen atoms in total. The average Bonchev–Trinajstić information content (AvgIpc) is 3.09. The SMILES string of the molecule is CC(N)c1ccc(-c2ccco2)c(NS(=O)(=O)c2ccccc2)c1. The highest BCUT2D eigenvalue weighted by Gasteiger charge is 2.18. The van der Waals surface area contributed by atoms with E-state index in [1.807, 2.05) is 13.0 Å². The summed E-state index contributed by atoms with van der Waals surface area (Å²) in [6, 6.07) is 17.0. The minimum atomic E-state index is -3.70. The summed E-state index contributed by atoms with van der Waals surface area (Å²) in [6.45, 7) is 1.84. The molecule has 124 valence electrons. The Balaban J connectivity index is 2.07. The summed E-state index contributed by atoms with van der Waals surface area (Å²) < 4.78 is 33.3. The fraction of sp³-hybridized carbons (Fsp3) is 0.111. The number of hydrogen-bond donors (Lipinski definition) is 2. The van der Waals surface area contributed by atoms with E-state index in [0.717, 1.165) is 5.56 Å². The van der Waals surface area contributed by atoms with Gasteiger partial charge in [-0.15, -0.1) is 0 Å². The Hall–Kier alpha value is -2.57. The number of furan rings is 1. The highest BCUT2D eigenvalue weighted by molar-refractivity contribution is 7.92. The van der Waals surface area contributed by atoms with Crippen LogP contribution in [0.5, 0.6) is 0 Å². The first-order chi connectivity index (χ1) is 11.5. The van der Waals surface area contributed by atoms with Crippen LogP contribution in [-0.2, 0) is 10.0 Å². The van der Waals surface area contributed by atoms with Crippen LogP contribution in [0, 0.1) is 0 Å². The van der Waals surface area contributed by atoms with Crippen LogP contribution >= 0.6 is 0 Å². The molecular formula is C18H18N2O3S. The van der Waals surface area contributed by atoms with Crippen LogP contribution in [0.2, 0.25) is 0 Å². The maximum Gasteiger partial charge on any atom is 0.261 e. The lowest BCUT2D eigenvalue weighted by atomic mass is 10.0. The van der Waals surface area contributed by atoms with Gasteiger partial charge in [0.15, 0.2) is 0 Å². The summed E-state index contributed by atoms with van der Waals surface area (Å²) in [5.74, 6) is 0.581. The molecular weight excluding hydrogens is 324 g/mol. The highest BCUT2D eigenvalue weighted by atomic mass is 32.2. The quantitative estimate of drug-likeness (QED) is 0.739. The van der Waals surface area contributed by atoms with Gasteiger partial charge in [0.25, 0.3) is 10.0 Å². The molecule has 3 rings (SSSR count). The van der Waals surface area contributed by atoms with Crippen LogP contribution in [-0.4, -0.2) is 8.42 Å². The second kappa shape index (κ2) is 6.51. The Kier molecular flexibility index (Phi) is 4.42. The minimum absolute atomic E-state index is 0.196. The zero-order chi connectivity index (χ0) is 17.2. The Bertz CT molecular complexity index is 918. The zero-order valence-corrected chi connectivity index (χ0v) is 14.0. The van der Waals surface area contributed by atoms with Gasteiger partial charge in [-0.05, 0) is 48.9 Å². The van der Waals surface area contributed by atoms with Gasteiger partial charge >= 0.3 is 0 Å². The molecule has 6 heteroatoms. The summed E-state index contributed by atoms with van der Waals surface area (Å²) in [5.41, 5.74) is 7.85. The lowest BCUT2D eigenvalue weighted by molar-refractivity contribution is 0.582. The lowest BCUT2D eigenvalue weighted by Crippen LogP contribution is -2.14. The highest BCUT2D eigenvalue weighted by Crippen LogP contribution is 2.32. The first-order valence-corrected chi connectivity index (χ1v) is 8.97. The Morgan fingerprint density at radius 3 is 2.42 bits per heavy atom. The van der Waals surface area contributed by atoms with E-state index < -0.39 is 10.0 Å². The van der Waals surface area contributed by atoms with Gasteiger partial charge in [0.1, 0.15) is 5.76 Å². The van der Waals surface area contributed by atoms with Crippen LogP contribution < -0.4 is 10.5 Å². The predicted molar refractivity (Wildman–Crippen MR) is 94.0 cm³/mol. The second-order valence-electron chi connectivity index (χ2n) is 5.49. The summed E-state index contributed by atoms with van der Waals surface area (Å²) in [5, 5.41) is 0. The molecule has 1 aromatic heterocycles. The van der Waals surface area contributed by atoms with Gasteiger partial charge in [-0.3, -0.25) is 4.72 Å². The first kappa shape index (κ1) is 16.3. The maximum atomic E-state index is 12.6. The van der Waals surface area contributed by atoms with Crippen LogP contribution in [0.3, 0.4) is 0 Å². The largest absolute Gasteiger partial charge is 0.464 e. The van der Waals surface area contributed by atoms with Crippen molar-refractivity contribution in [2.24, 2.45) is 5.73 Å². The van der Waals surface area contributed by atoms with Crippen LogP contribution in [0.1, 0.15) is 18.5 Å². The Labute approximate surface area is 141 Å². The molecule has 0 aliphatic rings. The van der Waals surface area contributed by atoms with E-state index in [4.69, 9.17) is 10.2 Å². The van der Waals surface area contributed by atoms with Gasteiger partial charge in [0, 0.05) is 11.6 Å². The molecule has 1 atom stereocenters. The number of nitrogens with one attached hydrogen (secondary N) is 1. The fourth-order valence-corrected chi connectivity index (χ4v) is 3.47. The lowest BCUT2D eigenvalue weighted by Gasteiger charge is -2.14. The molecule has 0 bridgehead atoms. The summed E-state index contributed by atoms with van der Waals surface area (Å²) in [6.07, 6.45) is 1.55. The van der Waals surface area contributed by atoms with Gasteiger partial charge in [-0.2, -0.15) is 0 Å². The van der Waals surface area contributed by atoms with E-state index in [-0.39, 0.29) is 10.9 Å². The van der Waals surface area contributed by atoms with Crippen molar-refractivity contribution >= 4 is 15.7 Å². The molecule has 1 heterocycles. The molecule has 1 unspecified atom stereocenters. The normalized spacial score (nSPS) is 12.8. The van der Waals surface area contributed by atoms with E-state index in [0.29, 0.717) is 17.0 Å². The monoisotopic (exact) mass is 342 g/mol. The van der Waals surface area contributed by atoms with E-state index in [1.165, 1.54) is 0 Å². The molecule has 0 amide bonds. The molecule has 3 N–H and O–H groups in total. The third-order valence-corrected chi connectivity index (χ3v) is 5.04. The van der Waals surface area contributed by atoms with Crippen molar-refractivity contribution in [3.63, 3.8) is 0 Å². The first-order valence-electron chi connectivity index (χ1n) is 7.48. The molecule has 0 saturated carbocycles. The van der Waals surface area contributed by atoms with E-state index >= 15 is 0 Å².